The van der Waals surface area contributed by atoms with Gasteiger partial charge in [-0.3, -0.25) is 9.59 Å². The molecule has 0 aliphatic heterocycles. The number of nitrogens with two attached hydrogens (primary N) is 1. The molecule has 0 unspecified atom stereocenters. The highest BCUT2D eigenvalue weighted by Gasteiger charge is 2.14. The van der Waals surface area contributed by atoms with E-state index in [0.29, 0.717) is 18.8 Å². The van der Waals surface area contributed by atoms with Gasteiger partial charge in [-0.05, 0) is 24.3 Å². The largest absolute Gasteiger partial charge is 0.484 e. The first-order valence-electron chi connectivity index (χ1n) is 7.15. The van der Waals surface area contributed by atoms with Crippen LogP contribution in [0.15, 0.2) is 49.6 Å². The second kappa shape index (κ2) is 9.83. The molecule has 7 heteroatoms. The highest BCUT2D eigenvalue weighted by Crippen LogP contribution is 2.13. The molecule has 0 bridgehead atoms. The summed E-state index contributed by atoms with van der Waals surface area (Å²) in [4.78, 5) is 35.9. The Bertz CT molecular complexity index is 600. The molecule has 0 saturated carbocycles. The fourth-order valence-corrected chi connectivity index (χ4v) is 1.73. The number of carbonyl (C=O) groups is 3. The van der Waals surface area contributed by atoms with Crippen LogP contribution in [-0.4, -0.2) is 49.0 Å². The molecule has 0 saturated heterocycles. The predicted molar refractivity (Wildman–Crippen MR) is 88.4 cm³/mol. The minimum absolute atomic E-state index is 0.249. The van der Waals surface area contributed by atoms with Gasteiger partial charge in [-0.25, -0.2) is 4.79 Å². The molecule has 0 atom stereocenters. The molecule has 7 nitrogen and oxygen atoms in total. The van der Waals surface area contributed by atoms with Gasteiger partial charge < -0.3 is 20.1 Å². The van der Waals surface area contributed by atoms with Crippen molar-refractivity contribution >= 4 is 17.8 Å². The third-order valence-corrected chi connectivity index (χ3v) is 2.85. The lowest BCUT2D eigenvalue weighted by Gasteiger charge is -2.18. The lowest BCUT2D eigenvalue weighted by atomic mass is 10.2. The van der Waals surface area contributed by atoms with Crippen LogP contribution in [0.2, 0.25) is 0 Å². The molecule has 1 rings (SSSR count). The lowest BCUT2D eigenvalue weighted by molar-refractivity contribution is -0.133. The van der Waals surface area contributed by atoms with Gasteiger partial charge in [0.15, 0.2) is 13.2 Å². The number of esters is 1. The van der Waals surface area contributed by atoms with Crippen molar-refractivity contribution in [3.05, 3.63) is 55.1 Å². The highest BCUT2D eigenvalue weighted by atomic mass is 16.5. The summed E-state index contributed by atoms with van der Waals surface area (Å²) in [6, 6.07) is 5.94. The van der Waals surface area contributed by atoms with Crippen LogP contribution in [0.4, 0.5) is 0 Å². The molecule has 2 amide bonds. The van der Waals surface area contributed by atoms with E-state index >= 15 is 0 Å². The van der Waals surface area contributed by atoms with Gasteiger partial charge in [-0.1, -0.05) is 12.2 Å². The molecule has 0 aliphatic carbocycles. The Morgan fingerprint density at radius 3 is 2.12 bits per heavy atom. The Kier molecular flexibility index (Phi) is 7.77. The average Bonchev–Trinajstić information content (AvgIpc) is 2.57. The van der Waals surface area contributed by atoms with Crippen LogP contribution >= 0.6 is 0 Å². The van der Waals surface area contributed by atoms with Gasteiger partial charge in [0.25, 0.3) is 11.8 Å². The van der Waals surface area contributed by atoms with Gasteiger partial charge in [-0.15, -0.1) is 13.2 Å². The van der Waals surface area contributed by atoms with E-state index in [-0.39, 0.29) is 24.7 Å². The van der Waals surface area contributed by atoms with E-state index in [2.05, 4.69) is 13.2 Å². The topological polar surface area (TPSA) is 98.9 Å². The number of hydrogen-bond donors (Lipinski definition) is 1. The maximum Gasteiger partial charge on any atom is 0.338 e. The maximum atomic E-state index is 12.0. The minimum Gasteiger partial charge on any atom is -0.484 e. The normalized spacial score (nSPS) is 9.67. The van der Waals surface area contributed by atoms with Crippen molar-refractivity contribution in [2.75, 3.05) is 26.3 Å². The third kappa shape index (κ3) is 6.35. The molecule has 1 aromatic carbocycles. The molecule has 0 aliphatic rings. The smallest absolute Gasteiger partial charge is 0.338 e. The fourth-order valence-electron chi connectivity index (χ4n) is 1.73. The van der Waals surface area contributed by atoms with Crippen LogP contribution in [0, 0.1) is 0 Å². The maximum absolute atomic E-state index is 12.0. The lowest BCUT2D eigenvalue weighted by Crippen LogP contribution is -2.35. The molecule has 24 heavy (non-hydrogen) atoms. The number of nitrogens with zero attached hydrogens (tertiary/aromatic N) is 1. The fraction of sp³-hybridized carbons (Fsp3) is 0.235. The zero-order chi connectivity index (χ0) is 17.9. The second-order valence-corrected chi connectivity index (χ2v) is 4.73. The van der Waals surface area contributed by atoms with Crippen LogP contribution in [0.1, 0.15) is 10.4 Å². The van der Waals surface area contributed by atoms with E-state index in [0.717, 1.165) is 0 Å². The van der Waals surface area contributed by atoms with E-state index in [1.807, 2.05) is 0 Å². The Morgan fingerprint density at radius 2 is 1.62 bits per heavy atom. The number of benzene rings is 1. The van der Waals surface area contributed by atoms with E-state index in [9.17, 15) is 14.4 Å². The van der Waals surface area contributed by atoms with Gasteiger partial charge in [0, 0.05) is 13.1 Å². The van der Waals surface area contributed by atoms with Gasteiger partial charge in [-0.2, -0.15) is 0 Å². The number of ether oxygens (including phenoxy) is 2. The molecule has 0 heterocycles. The van der Waals surface area contributed by atoms with Crippen molar-refractivity contribution in [1.29, 1.82) is 0 Å². The number of hydrogen-bond acceptors (Lipinski definition) is 5. The molecule has 0 fully saturated rings. The van der Waals surface area contributed by atoms with Crippen molar-refractivity contribution in [3.8, 4) is 5.75 Å². The summed E-state index contributed by atoms with van der Waals surface area (Å²) in [6.45, 7) is 7.19. The third-order valence-electron chi connectivity index (χ3n) is 2.85. The summed E-state index contributed by atoms with van der Waals surface area (Å²) in [5.41, 5.74) is 5.23. The van der Waals surface area contributed by atoms with Gasteiger partial charge in [0.1, 0.15) is 5.75 Å². The number of carbonyl (C=O) groups excluding carboxylic acids is 3. The van der Waals surface area contributed by atoms with Crippen LogP contribution in [0.5, 0.6) is 5.75 Å². The number of rotatable bonds is 10. The first-order valence-corrected chi connectivity index (χ1v) is 7.15. The van der Waals surface area contributed by atoms with Crippen molar-refractivity contribution < 1.29 is 23.9 Å². The summed E-state index contributed by atoms with van der Waals surface area (Å²) < 4.78 is 10.1. The van der Waals surface area contributed by atoms with Crippen LogP contribution in [-0.2, 0) is 14.3 Å². The van der Waals surface area contributed by atoms with Crippen LogP contribution in [0.25, 0.3) is 0 Å². The van der Waals surface area contributed by atoms with Crippen molar-refractivity contribution in [2.24, 2.45) is 5.73 Å². The predicted octanol–water partition coefficient (Wildman–Crippen LogP) is 0.908. The molecular weight excluding hydrogens is 312 g/mol. The monoisotopic (exact) mass is 332 g/mol. The summed E-state index contributed by atoms with van der Waals surface area (Å²) in [6.07, 6.45) is 3.15. The molecule has 128 valence electrons. The molecule has 0 aromatic heterocycles. The second-order valence-electron chi connectivity index (χ2n) is 4.73. The van der Waals surface area contributed by atoms with Gasteiger partial charge in [0.05, 0.1) is 5.56 Å². The Balaban J connectivity index is 2.55. The van der Waals surface area contributed by atoms with E-state index in [4.69, 9.17) is 15.2 Å². The van der Waals surface area contributed by atoms with Gasteiger partial charge >= 0.3 is 5.97 Å². The highest BCUT2D eigenvalue weighted by molar-refractivity contribution is 5.91. The molecule has 1 aromatic rings. The Hall–Kier alpha value is -3.09. The van der Waals surface area contributed by atoms with Crippen molar-refractivity contribution in [1.82, 2.24) is 4.90 Å². The average molecular weight is 332 g/mol. The zero-order valence-electron chi connectivity index (χ0n) is 13.3. The minimum atomic E-state index is -0.637. The molecule has 2 N–H and O–H groups in total. The van der Waals surface area contributed by atoms with Crippen molar-refractivity contribution in [3.63, 3.8) is 0 Å². The van der Waals surface area contributed by atoms with E-state index < -0.39 is 11.9 Å². The van der Waals surface area contributed by atoms with E-state index in [1.165, 1.54) is 29.2 Å². The first-order chi connectivity index (χ1) is 11.5. The number of amides is 2. The van der Waals surface area contributed by atoms with Crippen LogP contribution in [0.3, 0.4) is 0 Å². The quantitative estimate of drug-likeness (QED) is 0.507. The van der Waals surface area contributed by atoms with Crippen LogP contribution < -0.4 is 10.5 Å². The van der Waals surface area contributed by atoms with E-state index in [1.54, 1.807) is 12.2 Å². The summed E-state index contributed by atoms with van der Waals surface area (Å²) in [7, 11) is 0. The Morgan fingerprint density at radius 1 is 1.04 bits per heavy atom. The SMILES string of the molecule is C=CCN(CC=C)C(=O)COC(=O)c1ccc(OCC(N)=O)cc1. The summed E-state index contributed by atoms with van der Waals surface area (Å²) in [5.74, 6) is -1.18. The van der Waals surface area contributed by atoms with Crippen molar-refractivity contribution in [2.45, 2.75) is 0 Å². The standard InChI is InChI=1S/C17H20N2O5/c1-3-9-19(10-4-2)16(21)12-24-17(22)13-5-7-14(8-6-13)23-11-15(18)20/h3-8H,1-2,9-12H2,(H2,18,20). The Labute approximate surface area is 140 Å². The van der Waals surface area contributed by atoms with Gasteiger partial charge in [0.2, 0.25) is 0 Å². The summed E-state index contributed by atoms with van der Waals surface area (Å²) >= 11 is 0. The molecular formula is C17H20N2O5. The zero-order valence-corrected chi connectivity index (χ0v) is 13.3. The molecule has 0 radical (unpaired) electrons. The summed E-state index contributed by atoms with van der Waals surface area (Å²) in [5, 5.41) is 0. The number of primary amides is 1. The molecule has 0 spiro atoms. The first kappa shape index (κ1) is 19.0.